The van der Waals surface area contributed by atoms with Crippen LogP contribution < -0.4 is 5.32 Å². The first kappa shape index (κ1) is 22.8. The number of hydrogen-bond donors (Lipinski definition) is 1. The van der Waals surface area contributed by atoms with E-state index in [9.17, 15) is 4.79 Å². The molecule has 1 heterocycles. The molecule has 4 rings (SSSR count). The number of benzene rings is 3. The van der Waals surface area contributed by atoms with Crippen molar-refractivity contribution in [2.24, 2.45) is 0 Å². The van der Waals surface area contributed by atoms with Crippen LogP contribution in [0.25, 0.3) is 5.69 Å². The fourth-order valence-electron chi connectivity index (χ4n) is 3.13. The first-order valence-electron chi connectivity index (χ1n) is 9.92. The summed E-state index contributed by atoms with van der Waals surface area (Å²) in [5, 5.41) is 12.5. The zero-order valence-corrected chi connectivity index (χ0v) is 21.2. The summed E-state index contributed by atoms with van der Waals surface area (Å²) in [7, 11) is 0. The van der Waals surface area contributed by atoms with Gasteiger partial charge in [0.1, 0.15) is 0 Å². The molecule has 0 spiro atoms. The van der Waals surface area contributed by atoms with Gasteiger partial charge in [0.15, 0.2) is 11.0 Å². The van der Waals surface area contributed by atoms with E-state index in [-0.39, 0.29) is 12.5 Å². The fraction of sp³-hybridized carbons (Fsp3) is 0.125. The number of aromatic nitrogens is 3. The van der Waals surface area contributed by atoms with Gasteiger partial charge in [-0.3, -0.25) is 9.36 Å². The molecule has 0 atom stereocenters. The number of thioether (sulfide) groups is 1. The molecule has 0 radical (unpaired) electrons. The number of carbonyl (C=O) groups excluding carboxylic acids is 1. The smallest absolute Gasteiger partial charge is 0.251 e. The number of carbonyl (C=O) groups is 1. The third kappa shape index (κ3) is 5.68. The topological polar surface area (TPSA) is 59.8 Å². The van der Waals surface area contributed by atoms with Crippen LogP contribution in [0.4, 0.5) is 0 Å². The minimum atomic E-state index is -0.136. The van der Waals surface area contributed by atoms with Gasteiger partial charge in [0, 0.05) is 25.9 Å². The van der Waals surface area contributed by atoms with Crippen LogP contribution in [0.5, 0.6) is 0 Å². The van der Waals surface area contributed by atoms with E-state index in [4.69, 9.17) is 0 Å². The highest BCUT2D eigenvalue weighted by Gasteiger charge is 2.16. The number of nitrogens with one attached hydrogen (secondary N) is 1. The van der Waals surface area contributed by atoms with Gasteiger partial charge in [0.25, 0.3) is 5.91 Å². The second-order valence-corrected chi connectivity index (χ2v) is 9.95. The molecule has 0 saturated carbocycles. The minimum absolute atomic E-state index is 0.136. The van der Waals surface area contributed by atoms with Crippen molar-refractivity contribution in [3.8, 4) is 5.69 Å². The number of halogens is 2. The van der Waals surface area contributed by atoms with Crippen LogP contribution in [0, 0.1) is 6.92 Å². The summed E-state index contributed by atoms with van der Waals surface area (Å²) in [6, 6.07) is 23.7. The Bertz CT molecular complexity index is 1220. The Labute approximate surface area is 207 Å². The van der Waals surface area contributed by atoms with Crippen LogP contribution in [0.3, 0.4) is 0 Å². The maximum atomic E-state index is 12.6. The fourth-order valence-corrected chi connectivity index (χ4v) is 4.59. The average molecular weight is 572 g/mol. The molecule has 32 heavy (non-hydrogen) atoms. The quantitative estimate of drug-likeness (QED) is 0.264. The molecule has 0 fully saturated rings. The second-order valence-electron chi connectivity index (χ2n) is 7.18. The van der Waals surface area contributed by atoms with Crippen LogP contribution in [-0.2, 0) is 12.3 Å². The lowest BCUT2D eigenvalue weighted by Gasteiger charge is -2.11. The van der Waals surface area contributed by atoms with Crippen LogP contribution >= 0.6 is 43.6 Å². The molecule has 3 aromatic carbocycles. The molecule has 0 aliphatic carbocycles. The molecule has 0 saturated heterocycles. The number of rotatable bonds is 7. The van der Waals surface area contributed by atoms with Crippen molar-refractivity contribution in [3.63, 3.8) is 0 Å². The van der Waals surface area contributed by atoms with Gasteiger partial charge in [0.05, 0.1) is 6.54 Å². The van der Waals surface area contributed by atoms with Gasteiger partial charge in [0.2, 0.25) is 0 Å². The van der Waals surface area contributed by atoms with Gasteiger partial charge in [-0.2, -0.15) is 0 Å². The van der Waals surface area contributed by atoms with Crippen molar-refractivity contribution in [1.29, 1.82) is 0 Å². The van der Waals surface area contributed by atoms with E-state index < -0.39 is 0 Å². The summed E-state index contributed by atoms with van der Waals surface area (Å²) < 4.78 is 4.04. The first-order chi connectivity index (χ1) is 15.5. The molecular formula is C24H20Br2N4OS. The number of nitrogens with zero attached hydrogens (tertiary/aromatic N) is 3. The second kappa shape index (κ2) is 10.5. The van der Waals surface area contributed by atoms with E-state index in [1.807, 2.05) is 66.1 Å². The molecular weight excluding hydrogens is 552 g/mol. The van der Waals surface area contributed by atoms with Gasteiger partial charge >= 0.3 is 0 Å². The molecule has 1 N–H and O–H groups in total. The maximum Gasteiger partial charge on any atom is 0.251 e. The van der Waals surface area contributed by atoms with Gasteiger partial charge in [-0.1, -0.05) is 73.5 Å². The number of hydrogen-bond acceptors (Lipinski definition) is 4. The molecule has 1 aromatic heterocycles. The molecule has 0 unspecified atom stereocenters. The van der Waals surface area contributed by atoms with Gasteiger partial charge in [-0.15, -0.1) is 10.2 Å². The average Bonchev–Trinajstić information content (AvgIpc) is 3.20. The van der Waals surface area contributed by atoms with E-state index in [2.05, 4.69) is 59.5 Å². The van der Waals surface area contributed by atoms with Crippen LogP contribution in [-0.4, -0.2) is 20.7 Å². The van der Waals surface area contributed by atoms with Crippen LogP contribution in [0.2, 0.25) is 0 Å². The van der Waals surface area contributed by atoms with Gasteiger partial charge < -0.3 is 5.32 Å². The van der Waals surface area contributed by atoms with Crippen molar-refractivity contribution < 1.29 is 4.79 Å². The summed E-state index contributed by atoms with van der Waals surface area (Å²) in [4.78, 5) is 12.6. The predicted octanol–water partition coefficient (Wildman–Crippen LogP) is 6.32. The molecule has 0 aliphatic rings. The normalized spacial score (nSPS) is 10.8. The van der Waals surface area contributed by atoms with E-state index in [1.165, 1.54) is 5.56 Å². The largest absolute Gasteiger partial charge is 0.345 e. The van der Waals surface area contributed by atoms with Crippen molar-refractivity contribution in [3.05, 3.63) is 104 Å². The Hall–Kier alpha value is -2.42. The minimum Gasteiger partial charge on any atom is -0.345 e. The SMILES string of the molecule is Cc1cccc(C(=O)NCc2nnc(SCc3ccc(Br)cc3)n2-c2ccc(Br)cc2)c1. The summed E-state index contributed by atoms with van der Waals surface area (Å²) in [6.07, 6.45) is 0. The summed E-state index contributed by atoms with van der Waals surface area (Å²) in [5.74, 6) is 1.30. The Morgan fingerprint density at radius 3 is 2.34 bits per heavy atom. The van der Waals surface area contributed by atoms with Crippen molar-refractivity contribution in [2.75, 3.05) is 0 Å². The zero-order chi connectivity index (χ0) is 22.5. The van der Waals surface area contributed by atoms with Crippen molar-refractivity contribution in [1.82, 2.24) is 20.1 Å². The molecule has 0 aliphatic heterocycles. The molecule has 8 heteroatoms. The lowest BCUT2D eigenvalue weighted by Crippen LogP contribution is -2.24. The molecule has 5 nitrogen and oxygen atoms in total. The summed E-state index contributed by atoms with van der Waals surface area (Å²) in [5.41, 5.74) is 3.81. The monoisotopic (exact) mass is 570 g/mol. The van der Waals surface area contributed by atoms with Gasteiger partial charge in [-0.05, 0) is 61.0 Å². The molecule has 4 aromatic rings. The Morgan fingerprint density at radius 2 is 1.66 bits per heavy atom. The Morgan fingerprint density at radius 1 is 0.969 bits per heavy atom. The van der Waals surface area contributed by atoms with Crippen molar-refractivity contribution in [2.45, 2.75) is 24.4 Å². The lowest BCUT2D eigenvalue weighted by molar-refractivity contribution is 0.0949. The van der Waals surface area contributed by atoms with Crippen LogP contribution in [0.1, 0.15) is 27.3 Å². The maximum absolute atomic E-state index is 12.6. The van der Waals surface area contributed by atoms with E-state index >= 15 is 0 Å². The van der Waals surface area contributed by atoms with Gasteiger partial charge in [-0.25, -0.2) is 0 Å². The molecule has 1 amide bonds. The first-order valence-corrected chi connectivity index (χ1v) is 12.5. The lowest BCUT2D eigenvalue weighted by atomic mass is 10.1. The Kier molecular flexibility index (Phi) is 7.44. The summed E-state index contributed by atoms with van der Waals surface area (Å²) >= 11 is 8.57. The van der Waals surface area contributed by atoms with E-state index in [0.717, 1.165) is 31.1 Å². The highest BCUT2D eigenvalue weighted by atomic mass is 79.9. The van der Waals surface area contributed by atoms with E-state index in [0.29, 0.717) is 11.4 Å². The third-order valence-electron chi connectivity index (χ3n) is 4.75. The molecule has 0 bridgehead atoms. The zero-order valence-electron chi connectivity index (χ0n) is 17.3. The highest BCUT2D eigenvalue weighted by molar-refractivity contribution is 9.10. The van der Waals surface area contributed by atoms with Crippen LogP contribution in [0.15, 0.2) is 86.9 Å². The predicted molar refractivity (Wildman–Crippen MR) is 135 cm³/mol. The number of aryl methyl sites for hydroxylation is 1. The number of amides is 1. The van der Waals surface area contributed by atoms with Crippen molar-refractivity contribution >= 4 is 49.5 Å². The Balaban J connectivity index is 1.56. The molecule has 162 valence electrons. The standard InChI is InChI=1S/C24H20Br2N4OS/c1-16-3-2-4-18(13-16)23(31)27-14-22-28-29-24(30(22)21-11-9-20(26)10-12-21)32-15-17-5-7-19(25)8-6-17/h2-13H,14-15H2,1H3,(H,27,31). The van der Waals surface area contributed by atoms with E-state index in [1.54, 1.807) is 17.8 Å². The third-order valence-corrected chi connectivity index (χ3v) is 6.81. The summed E-state index contributed by atoms with van der Waals surface area (Å²) in [6.45, 7) is 2.24. The highest BCUT2D eigenvalue weighted by Crippen LogP contribution is 2.26.